The molecule has 0 aromatic carbocycles. The van der Waals surface area contributed by atoms with E-state index in [1.54, 1.807) is 0 Å². The van der Waals surface area contributed by atoms with Gasteiger partial charge in [0.25, 0.3) is 5.56 Å². The number of nitrogens with zero attached hydrogens (tertiary/aromatic N) is 4. The molecule has 0 radical (unpaired) electrons. The van der Waals surface area contributed by atoms with Gasteiger partial charge in [0.1, 0.15) is 11.4 Å². The van der Waals surface area contributed by atoms with Crippen LogP contribution in [0.4, 0.5) is 30.8 Å². The van der Waals surface area contributed by atoms with Gasteiger partial charge in [0.2, 0.25) is 5.95 Å². The molecule has 1 saturated heterocycles. The molecule has 0 atom stereocenters. The normalized spacial score (nSPS) is 19.0. The Bertz CT molecular complexity index is 951. The molecule has 11 heteroatoms. The summed E-state index contributed by atoms with van der Waals surface area (Å²) in [7, 11) is 0. The van der Waals surface area contributed by atoms with Gasteiger partial charge in [-0.3, -0.25) is 4.79 Å². The van der Waals surface area contributed by atoms with Crippen LogP contribution in [0.2, 0.25) is 0 Å². The van der Waals surface area contributed by atoms with E-state index in [4.69, 9.17) is 4.74 Å². The van der Waals surface area contributed by atoms with Crippen LogP contribution < -0.4 is 16.2 Å². The molecular formula is C18H21F3N6O2. The van der Waals surface area contributed by atoms with Gasteiger partial charge in [0.15, 0.2) is 5.82 Å². The zero-order chi connectivity index (χ0) is 20.6. The summed E-state index contributed by atoms with van der Waals surface area (Å²) in [5.41, 5.74) is -1.51. The summed E-state index contributed by atoms with van der Waals surface area (Å²) in [6, 6.07) is 2.47. The molecule has 2 fully saturated rings. The number of hydrogen-bond donors (Lipinski definition) is 2. The highest BCUT2D eigenvalue weighted by atomic mass is 19.4. The van der Waals surface area contributed by atoms with Crippen molar-refractivity contribution in [2.45, 2.75) is 50.4 Å². The Morgan fingerprint density at radius 1 is 1.24 bits per heavy atom. The molecule has 0 unspecified atom stereocenters. The lowest BCUT2D eigenvalue weighted by atomic mass is 10.1. The molecule has 0 spiro atoms. The molecule has 3 heterocycles. The molecule has 0 bridgehead atoms. The monoisotopic (exact) mass is 410 g/mol. The van der Waals surface area contributed by atoms with Crippen LogP contribution >= 0.6 is 0 Å². The van der Waals surface area contributed by atoms with Gasteiger partial charge in [-0.15, -0.1) is 0 Å². The van der Waals surface area contributed by atoms with E-state index in [1.807, 2.05) is 6.92 Å². The van der Waals surface area contributed by atoms with E-state index in [2.05, 4.69) is 25.7 Å². The van der Waals surface area contributed by atoms with Crippen molar-refractivity contribution in [3.05, 3.63) is 34.2 Å². The molecule has 156 valence electrons. The van der Waals surface area contributed by atoms with E-state index in [-0.39, 0.29) is 28.9 Å². The predicted molar refractivity (Wildman–Crippen MR) is 99.2 cm³/mol. The quantitative estimate of drug-likeness (QED) is 0.782. The Balaban J connectivity index is 1.65. The molecule has 1 aliphatic heterocycles. The Morgan fingerprint density at radius 2 is 1.97 bits per heavy atom. The van der Waals surface area contributed by atoms with Gasteiger partial charge >= 0.3 is 6.18 Å². The first-order valence-electron chi connectivity index (χ1n) is 9.41. The Kier molecular flexibility index (Phi) is 4.93. The first-order chi connectivity index (χ1) is 13.7. The zero-order valence-electron chi connectivity index (χ0n) is 15.8. The molecular weight excluding hydrogens is 389 g/mol. The lowest BCUT2D eigenvalue weighted by Gasteiger charge is -2.23. The van der Waals surface area contributed by atoms with Crippen LogP contribution in [-0.2, 0) is 10.9 Å². The van der Waals surface area contributed by atoms with Gasteiger partial charge in [0, 0.05) is 31.0 Å². The number of halogens is 3. The van der Waals surface area contributed by atoms with Crippen molar-refractivity contribution in [2.24, 2.45) is 0 Å². The largest absolute Gasteiger partial charge is 0.421 e. The molecule has 2 aromatic rings. The fourth-order valence-corrected chi connectivity index (χ4v) is 3.13. The molecule has 1 aliphatic carbocycles. The highest BCUT2D eigenvalue weighted by molar-refractivity contribution is 5.58. The summed E-state index contributed by atoms with van der Waals surface area (Å²) in [5.74, 6) is -0.203. The molecule has 4 rings (SSSR count). The minimum atomic E-state index is -4.64. The molecule has 2 aliphatic rings. The van der Waals surface area contributed by atoms with E-state index in [9.17, 15) is 18.0 Å². The lowest BCUT2D eigenvalue weighted by molar-refractivity contribution is -0.137. The molecule has 8 nitrogen and oxygen atoms in total. The van der Waals surface area contributed by atoms with Crippen molar-refractivity contribution in [3.63, 3.8) is 0 Å². The highest BCUT2D eigenvalue weighted by Crippen LogP contribution is 2.39. The lowest BCUT2D eigenvalue weighted by Crippen LogP contribution is -2.31. The van der Waals surface area contributed by atoms with Crippen LogP contribution in [0.5, 0.6) is 0 Å². The summed E-state index contributed by atoms with van der Waals surface area (Å²) in [6.45, 7) is 2.97. The first kappa shape index (κ1) is 19.6. The average Bonchev–Trinajstić information content (AvgIpc) is 3.40. The molecule has 1 saturated carbocycles. The smallest absolute Gasteiger partial charge is 0.381 e. The third-order valence-corrected chi connectivity index (χ3v) is 5.12. The van der Waals surface area contributed by atoms with E-state index in [0.29, 0.717) is 26.1 Å². The number of aromatic nitrogens is 4. The van der Waals surface area contributed by atoms with Crippen LogP contribution in [0, 0.1) is 0 Å². The van der Waals surface area contributed by atoms with E-state index >= 15 is 0 Å². The number of alkyl halides is 3. The van der Waals surface area contributed by atoms with Crippen molar-refractivity contribution >= 4 is 17.6 Å². The summed E-state index contributed by atoms with van der Waals surface area (Å²) in [5, 5.41) is 9.89. The third-order valence-electron chi connectivity index (χ3n) is 5.12. The number of nitrogens with one attached hydrogen (secondary N) is 2. The zero-order valence-corrected chi connectivity index (χ0v) is 15.8. The van der Waals surface area contributed by atoms with Crippen molar-refractivity contribution in [2.75, 3.05) is 23.8 Å². The van der Waals surface area contributed by atoms with Gasteiger partial charge in [-0.2, -0.15) is 23.3 Å². The standard InChI is InChI=1S/C18H21F3N6O2/c1-17(6-7-17)25-16-22-10-12(18(19,20)21)15(24-16)23-13-2-3-14(28)27(26-13)11-4-8-29-9-5-11/h2-3,10-11H,4-9H2,1H3,(H2,22,23,24,25,26). The molecule has 0 amide bonds. The molecule has 2 aromatic heterocycles. The fourth-order valence-electron chi connectivity index (χ4n) is 3.13. The second-order valence-corrected chi connectivity index (χ2v) is 7.61. The van der Waals surface area contributed by atoms with Gasteiger partial charge < -0.3 is 15.4 Å². The Labute approximate surface area is 164 Å². The summed E-state index contributed by atoms with van der Waals surface area (Å²) < 4.78 is 46.9. The van der Waals surface area contributed by atoms with Crippen LogP contribution in [0.25, 0.3) is 0 Å². The maximum atomic E-state index is 13.4. The maximum absolute atomic E-state index is 13.4. The summed E-state index contributed by atoms with van der Waals surface area (Å²) in [4.78, 5) is 20.0. The first-order valence-corrected chi connectivity index (χ1v) is 9.41. The third kappa shape index (κ3) is 4.50. The number of anilines is 3. The van der Waals surface area contributed by atoms with Crippen molar-refractivity contribution < 1.29 is 17.9 Å². The van der Waals surface area contributed by atoms with Crippen LogP contribution in [0.15, 0.2) is 23.1 Å². The van der Waals surface area contributed by atoms with E-state index in [0.717, 1.165) is 19.0 Å². The number of ether oxygens (including phenoxy) is 1. The van der Waals surface area contributed by atoms with Gasteiger partial charge in [-0.25, -0.2) is 9.67 Å². The van der Waals surface area contributed by atoms with Crippen LogP contribution in [-0.4, -0.2) is 38.5 Å². The summed E-state index contributed by atoms with van der Waals surface area (Å²) in [6.07, 6.45) is -0.860. The molecule has 29 heavy (non-hydrogen) atoms. The minimum Gasteiger partial charge on any atom is -0.381 e. The number of rotatable bonds is 5. The van der Waals surface area contributed by atoms with Gasteiger partial charge in [-0.05, 0) is 38.7 Å². The Morgan fingerprint density at radius 3 is 2.62 bits per heavy atom. The fraction of sp³-hybridized carbons (Fsp3) is 0.556. The molecule has 2 N–H and O–H groups in total. The van der Waals surface area contributed by atoms with Crippen molar-refractivity contribution in [3.8, 4) is 0 Å². The minimum absolute atomic E-state index is 0.101. The number of hydrogen-bond acceptors (Lipinski definition) is 7. The van der Waals surface area contributed by atoms with E-state index < -0.39 is 17.6 Å². The average molecular weight is 410 g/mol. The van der Waals surface area contributed by atoms with Crippen molar-refractivity contribution in [1.82, 2.24) is 19.7 Å². The maximum Gasteiger partial charge on any atom is 0.421 e. The Hall–Kier alpha value is -2.69. The highest BCUT2D eigenvalue weighted by Gasteiger charge is 2.39. The van der Waals surface area contributed by atoms with Crippen LogP contribution in [0.3, 0.4) is 0 Å². The van der Waals surface area contributed by atoms with Crippen molar-refractivity contribution in [1.29, 1.82) is 0 Å². The van der Waals surface area contributed by atoms with E-state index in [1.165, 1.54) is 16.8 Å². The van der Waals surface area contributed by atoms with Crippen LogP contribution in [0.1, 0.15) is 44.2 Å². The predicted octanol–water partition coefficient (Wildman–Crippen LogP) is 3.11. The van der Waals surface area contributed by atoms with Gasteiger partial charge in [-0.1, -0.05) is 0 Å². The second kappa shape index (κ2) is 7.29. The summed E-state index contributed by atoms with van der Waals surface area (Å²) >= 11 is 0. The second-order valence-electron chi connectivity index (χ2n) is 7.61. The topological polar surface area (TPSA) is 94.0 Å². The van der Waals surface area contributed by atoms with Gasteiger partial charge in [0.05, 0.1) is 6.04 Å². The SMILES string of the molecule is CC1(Nc2ncc(C(F)(F)F)c(Nc3ccc(=O)n(C4CCOCC4)n3)n2)CC1.